The van der Waals surface area contributed by atoms with Gasteiger partial charge in [-0.2, -0.15) is 0 Å². The van der Waals surface area contributed by atoms with E-state index in [9.17, 15) is 0 Å². The van der Waals surface area contributed by atoms with Gasteiger partial charge in [-0.1, -0.05) is 6.07 Å². The topological polar surface area (TPSA) is 21.3 Å². The number of methoxy groups -OCH3 is 1. The maximum absolute atomic E-state index is 5.31. The molecule has 1 aliphatic rings. The first-order chi connectivity index (χ1) is 9.28. The molecule has 1 N–H and O–H groups in total. The van der Waals surface area contributed by atoms with E-state index >= 15 is 0 Å². The summed E-state index contributed by atoms with van der Waals surface area (Å²) in [6, 6.07) is 11.1. The van der Waals surface area contributed by atoms with Gasteiger partial charge in [-0.15, -0.1) is 11.3 Å². The van der Waals surface area contributed by atoms with Gasteiger partial charge in [0.25, 0.3) is 0 Å². The molecule has 1 aromatic carbocycles. The number of ether oxygens (including phenoxy) is 1. The predicted molar refractivity (Wildman–Crippen MR) is 81.1 cm³/mol. The van der Waals surface area contributed by atoms with Crippen LogP contribution in [0.25, 0.3) is 0 Å². The molecule has 1 aromatic heterocycles. The van der Waals surface area contributed by atoms with Crippen LogP contribution >= 0.6 is 11.3 Å². The highest BCUT2D eigenvalue weighted by atomic mass is 32.1. The molecule has 19 heavy (non-hydrogen) atoms. The Morgan fingerprint density at radius 3 is 2.74 bits per heavy atom. The summed E-state index contributed by atoms with van der Waals surface area (Å²) in [4.78, 5) is 1.44. The van der Waals surface area contributed by atoms with Crippen LogP contribution in [0.1, 0.15) is 29.3 Å². The van der Waals surface area contributed by atoms with Crippen molar-refractivity contribution >= 4 is 17.0 Å². The van der Waals surface area contributed by atoms with Crippen LogP contribution in [0.2, 0.25) is 0 Å². The van der Waals surface area contributed by atoms with Gasteiger partial charge in [0.1, 0.15) is 5.75 Å². The minimum absolute atomic E-state index is 0.466. The predicted octanol–water partition coefficient (Wildman–Crippen LogP) is 4.63. The maximum atomic E-state index is 5.31. The van der Waals surface area contributed by atoms with Crippen LogP contribution in [0.4, 0.5) is 5.69 Å². The van der Waals surface area contributed by atoms with Crippen LogP contribution in [0, 0.1) is 12.8 Å². The number of hydrogen-bond donors (Lipinski definition) is 1. The van der Waals surface area contributed by atoms with Crippen LogP contribution in [0.5, 0.6) is 5.75 Å². The first-order valence-electron chi connectivity index (χ1n) is 6.72. The Labute approximate surface area is 118 Å². The van der Waals surface area contributed by atoms with Crippen molar-refractivity contribution in [3.8, 4) is 5.75 Å². The van der Waals surface area contributed by atoms with Gasteiger partial charge in [0.15, 0.2) is 0 Å². The molecule has 3 rings (SSSR count). The molecule has 1 unspecified atom stereocenters. The molecule has 0 aliphatic heterocycles. The second-order valence-corrected chi connectivity index (χ2v) is 6.14. The minimum Gasteiger partial charge on any atom is -0.496 e. The number of anilines is 1. The number of nitrogens with one attached hydrogen (secondary N) is 1. The second-order valence-electron chi connectivity index (χ2n) is 5.16. The Balaban J connectivity index is 1.80. The summed E-state index contributed by atoms with van der Waals surface area (Å²) in [7, 11) is 1.72. The third-order valence-corrected chi connectivity index (χ3v) is 4.62. The Kier molecular flexibility index (Phi) is 3.47. The van der Waals surface area contributed by atoms with E-state index in [1.807, 2.05) is 17.4 Å². The quantitative estimate of drug-likeness (QED) is 0.857. The van der Waals surface area contributed by atoms with E-state index in [2.05, 4.69) is 41.9 Å². The normalized spacial score (nSPS) is 16.1. The van der Waals surface area contributed by atoms with Crippen molar-refractivity contribution in [3.05, 3.63) is 46.2 Å². The summed E-state index contributed by atoms with van der Waals surface area (Å²) in [5, 5.41) is 5.85. The van der Waals surface area contributed by atoms with Crippen LogP contribution in [0.3, 0.4) is 0 Å². The molecule has 1 aliphatic carbocycles. The number of aryl methyl sites for hydroxylation is 1. The lowest BCUT2D eigenvalue weighted by atomic mass is 10.1. The van der Waals surface area contributed by atoms with Crippen molar-refractivity contribution in [1.82, 2.24) is 0 Å². The van der Waals surface area contributed by atoms with Gasteiger partial charge in [0, 0.05) is 10.6 Å². The molecule has 0 bridgehead atoms. The average Bonchev–Trinajstić information content (AvgIpc) is 3.11. The molecule has 100 valence electrons. The van der Waals surface area contributed by atoms with E-state index in [-0.39, 0.29) is 0 Å². The third kappa shape index (κ3) is 2.76. The van der Waals surface area contributed by atoms with Crippen molar-refractivity contribution in [1.29, 1.82) is 0 Å². The molecular formula is C16H19NOS. The molecule has 1 atom stereocenters. The van der Waals surface area contributed by atoms with Gasteiger partial charge in [-0.25, -0.2) is 0 Å². The van der Waals surface area contributed by atoms with Crippen LogP contribution in [0.15, 0.2) is 35.7 Å². The SMILES string of the molecule is COc1ccc(NC(c2cccs2)C2CC2)cc1C. The lowest BCUT2D eigenvalue weighted by molar-refractivity contribution is 0.412. The van der Waals surface area contributed by atoms with E-state index < -0.39 is 0 Å². The van der Waals surface area contributed by atoms with E-state index in [1.165, 1.54) is 29.0 Å². The zero-order valence-corrected chi connectivity index (χ0v) is 12.2. The zero-order valence-electron chi connectivity index (χ0n) is 11.3. The van der Waals surface area contributed by atoms with Crippen LogP contribution in [-0.2, 0) is 0 Å². The standard InChI is InChI=1S/C16H19NOS/c1-11-10-13(7-8-14(11)18-2)17-16(12-5-6-12)15-4-3-9-19-15/h3-4,7-10,12,16-17H,5-6H2,1-2H3. The van der Waals surface area contributed by atoms with Crippen molar-refractivity contribution < 1.29 is 4.74 Å². The highest BCUT2D eigenvalue weighted by Gasteiger charge is 2.32. The van der Waals surface area contributed by atoms with Crippen molar-refractivity contribution in [2.24, 2.45) is 5.92 Å². The summed E-state index contributed by atoms with van der Waals surface area (Å²) in [5.41, 5.74) is 2.36. The van der Waals surface area contributed by atoms with Crippen LogP contribution in [-0.4, -0.2) is 7.11 Å². The summed E-state index contributed by atoms with van der Waals surface area (Å²) < 4.78 is 5.31. The number of thiophene rings is 1. The van der Waals surface area contributed by atoms with E-state index in [4.69, 9.17) is 4.74 Å². The molecule has 0 spiro atoms. The summed E-state index contributed by atoms with van der Waals surface area (Å²) in [6.07, 6.45) is 2.68. The first-order valence-corrected chi connectivity index (χ1v) is 7.60. The second kappa shape index (κ2) is 5.25. The molecule has 1 heterocycles. The first kappa shape index (κ1) is 12.5. The molecule has 3 heteroatoms. The highest BCUT2D eigenvalue weighted by molar-refractivity contribution is 7.10. The number of benzene rings is 1. The van der Waals surface area contributed by atoms with Gasteiger partial charge in [0.2, 0.25) is 0 Å². The van der Waals surface area contributed by atoms with Crippen molar-refractivity contribution in [2.75, 3.05) is 12.4 Å². The minimum atomic E-state index is 0.466. The third-order valence-electron chi connectivity index (χ3n) is 3.66. The van der Waals surface area contributed by atoms with E-state index in [0.29, 0.717) is 6.04 Å². The van der Waals surface area contributed by atoms with Gasteiger partial charge in [-0.3, -0.25) is 0 Å². The monoisotopic (exact) mass is 273 g/mol. The van der Waals surface area contributed by atoms with Gasteiger partial charge < -0.3 is 10.1 Å². The Hall–Kier alpha value is -1.48. The smallest absolute Gasteiger partial charge is 0.121 e. The van der Waals surface area contributed by atoms with Crippen LogP contribution < -0.4 is 10.1 Å². The highest BCUT2D eigenvalue weighted by Crippen LogP contribution is 2.44. The van der Waals surface area contributed by atoms with Gasteiger partial charge in [0.05, 0.1) is 13.2 Å². The summed E-state index contributed by atoms with van der Waals surface area (Å²) in [5.74, 6) is 1.74. The average molecular weight is 273 g/mol. The van der Waals surface area contributed by atoms with E-state index in [1.54, 1.807) is 7.11 Å². The molecule has 2 nitrogen and oxygen atoms in total. The van der Waals surface area contributed by atoms with Gasteiger partial charge >= 0.3 is 0 Å². The molecule has 1 fully saturated rings. The largest absolute Gasteiger partial charge is 0.496 e. The Morgan fingerprint density at radius 2 is 2.16 bits per heavy atom. The van der Waals surface area contributed by atoms with Crippen molar-refractivity contribution in [3.63, 3.8) is 0 Å². The summed E-state index contributed by atoms with van der Waals surface area (Å²) >= 11 is 1.84. The number of rotatable bonds is 5. The zero-order chi connectivity index (χ0) is 13.2. The fourth-order valence-electron chi connectivity index (χ4n) is 2.47. The molecule has 0 amide bonds. The number of hydrogen-bond acceptors (Lipinski definition) is 3. The molecular weight excluding hydrogens is 254 g/mol. The summed E-state index contributed by atoms with van der Waals surface area (Å²) in [6.45, 7) is 2.08. The fourth-order valence-corrected chi connectivity index (χ4v) is 3.34. The molecule has 1 saturated carbocycles. The molecule has 0 radical (unpaired) electrons. The molecule has 2 aromatic rings. The van der Waals surface area contributed by atoms with Gasteiger partial charge in [-0.05, 0) is 60.9 Å². The lowest BCUT2D eigenvalue weighted by Gasteiger charge is -2.19. The van der Waals surface area contributed by atoms with Crippen molar-refractivity contribution in [2.45, 2.75) is 25.8 Å². The van der Waals surface area contributed by atoms with E-state index in [0.717, 1.165) is 11.7 Å². The Bertz CT molecular complexity index is 546. The fraction of sp³-hybridized carbons (Fsp3) is 0.375. The maximum Gasteiger partial charge on any atom is 0.121 e. The lowest BCUT2D eigenvalue weighted by Crippen LogP contribution is -2.11. The Morgan fingerprint density at radius 1 is 1.32 bits per heavy atom. The molecule has 0 saturated heterocycles.